The molecule has 5 heteroatoms. The van der Waals surface area contributed by atoms with Crippen LogP contribution in [0.15, 0.2) is 24.9 Å². The number of ether oxygens (including phenoxy) is 1. The first-order chi connectivity index (χ1) is 6.74. The molecule has 1 heterocycles. The van der Waals surface area contributed by atoms with E-state index in [9.17, 15) is 4.79 Å². The van der Waals surface area contributed by atoms with Crippen LogP contribution in [0.25, 0.3) is 0 Å². The predicted molar refractivity (Wildman–Crippen MR) is 49.3 cm³/mol. The molecule has 0 aliphatic carbocycles. The molecule has 0 bridgehead atoms. The van der Waals surface area contributed by atoms with Crippen LogP contribution in [0.3, 0.4) is 0 Å². The molecule has 14 heavy (non-hydrogen) atoms. The Morgan fingerprint density at radius 3 is 3.14 bits per heavy atom. The standard InChI is InChI=1S/C9H10N2O3/c1-2-3-6-14-9-10-5-4-7(11-9)8(12)13/h2,4-5H,1,3,6H2,(H,12,13). The highest BCUT2D eigenvalue weighted by molar-refractivity contribution is 5.85. The van der Waals surface area contributed by atoms with Crippen LogP contribution in [0, 0.1) is 0 Å². The van der Waals surface area contributed by atoms with Gasteiger partial charge in [-0.3, -0.25) is 0 Å². The van der Waals surface area contributed by atoms with E-state index in [1.807, 2.05) is 0 Å². The third-order valence-electron chi connectivity index (χ3n) is 1.41. The maximum absolute atomic E-state index is 10.5. The highest BCUT2D eigenvalue weighted by Gasteiger charge is 2.06. The van der Waals surface area contributed by atoms with Crippen molar-refractivity contribution < 1.29 is 14.6 Å². The van der Waals surface area contributed by atoms with E-state index in [2.05, 4.69) is 16.5 Å². The molecule has 1 N–H and O–H groups in total. The van der Waals surface area contributed by atoms with Gasteiger partial charge in [0.05, 0.1) is 6.61 Å². The van der Waals surface area contributed by atoms with Crippen LogP contribution in [0.2, 0.25) is 0 Å². The monoisotopic (exact) mass is 194 g/mol. The minimum absolute atomic E-state index is 0.0754. The summed E-state index contributed by atoms with van der Waals surface area (Å²) in [5, 5.41) is 8.62. The van der Waals surface area contributed by atoms with Gasteiger partial charge in [0.2, 0.25) is 0 Å². The molecule has 0 radical (unpaired) electrons. The molecule has 0 atom stereocenters. The summed E-state index contributed by atoms with van der Waals surface area (Å²) in [7, 11) is 0. The number of carboxylic acid groups (broad SMARTS) is 1. The van der Waals surface area contributed by atoms with Crippen LogP contribution in [-0.4, -0.2) is 27.7 Å². The minimum Gasteiger partial charge on any atom is -0.477 e. The maximum Gasteiger partial charge on any atom is 0.354 e. The summed E-state index contributed by atoms with van der Waals surface area (Å²) in [5.74, 6) is -1.10. The van der Waals surface area contributed by atoms with Crippen molar-refractivity contribution in [1.82, 2.24) is 9.97 Å². The average Bonchev–Trinajstić information content (AvgIpc) is 2.19. The molecular formula is C9H10N2O3. The van der Waals surface area contributed by atoms with Crippen LogP contribution in [-0.2, 0) is 0 Å². The molecule has 1 aromatic rings. The van der Waals surface area contributed by atoms with Crippen molar-refractivity contribution in [1.29, 1.82) is 0 Å². The summed E-state index contributed by atoms with van der Waals surface area (Å²) < 4.78 is 5.08. The third-order valence-corrected chi connectivity index (χ3v) is 1.41. The van der Waals surface area contributed by atoms with Crippen LogP contribution in [0.1, 0.15) is 16.9 Å². The number of hydrogen-bond donors (Lipinski definition) is 1. The second kappa shape index (κ2) is 4.96. The van der Waals surface area contributed by atoms with E-state index in [0.29, 0.717) is 13.0 Å². The van der Waals surface area contributed by atoms with Crippen LogP contribution in [0.4, 0.5) is 0 Å². The second-order valence-corrected chi connectivity index (χ2v) is 2.46. The second-order valence-electron chi connectivity index (χ2n) is 2.46. The molecule has 1 aromatic heterocycles. The molecule has 0 spiro atoms. The zero-order chi connectivity index (χ0) is 10.4. The fraction of sp³-hybridized carbons (Fsp3) is 0.222. The van der Waals surface area contributed by atoms with Gasteiger partial charge in [-0.2, -0.15) is 4.98 Å². The van der Waals surface area contributed by atoms with Crippen LogP contribution in [0.5, 0.6) is 6.01 Å². The Morgan fingerprint density at radius 2 is 2.50 bits per heavy atom. The highest BCUT2D eigenvalue weighted by Crippen LogP contribution is 2.03. The molecule has 74 valence electrons. The number of aromatic carboxylic acids is 1. The smallest absolute Gasteiger partial charge is 0.354 e. The van der Waals surface area contributed by atoms with Gasteiger partial charge in [-0.25, -0.2) is 9.78 Å². The molecule has 0 aliphatic heterocycles. The van der Waals surface area contributed by atoms with Crippen molar-refractivity contribution >= 4 is 5.97 Å². The summed E-state index contributed by atoms with van der Waals surface area (Å²) in [5.41, 5.74) is -0.0754. The lowest BCUT2D eigenvalue weighted by Gasteiger charge is -2.01. The lowest BCUT2D eigenvalue weighted by molar-refractivity contribution is 0.0688. The first-order valence-corrected chi connectivity index (χ1v) is 4.04. The van der Waals surface area contributed by atoms with E-state index < -0.39 is 5.97 Å². The number of nitrogens with zero attached hydrogens (tertiary/aromatic N) is 2. The molecule has 0 amide bonds. The number of aromatic nitrogens is 2. The maximum atomic E-state index is 10.5. The topological polar surface area (TPSA) is 72.3 Å². The lowest BCUT2D eigenvalue weighted by atomic mass is 10.4. The third kappa shape index (κ3) is 2.85. The first kappa shape index (κ1) is 10.2. The zero-order valence-corrected chi connectivity index (χ0v) is 7.51. The largest absolute Gasteiger partial charge is 0.477 e. The van der Waals surface area contributed by atoms with Gasteiger partial charge in [-0.05, 0) is 12.5 Å². The summed E-state index contributed by atoms with van der Waals surface area (Å²) in [6, 6.07) is 1.38. The Kier molecular flexibility index (Phi) is 3.60. The average molecular weight is 194 g/mol. The number of hydrogen-bond acceptors (Lipinski definition) is 4. The van der Waals surface area contributed by atoms with E-state index in [0.717, 1.165) is 0 Å². The van der Waals surface area contributed by atoms with E-state index in [4.69, 9.17) is 9.84 Å². The molecule has 0 aliphatic rings. The normalized spacial score (nSPS) is 9.43. The summed E-state index contributed by atoms with van der Waals surface area (Å²) in [6.07, 6.45) is 3.71. The van der Waals surface area contributed by atoms with E-state index in [1.165, 1.54) is 12.3 Å². The molecule has 0 saturated carbocycles. The van der Waals surface area contributed by atoms with Gasteiger partial charge >= 0.3 is 12.0 Å². The van der Waals surface area contributed by atoms with Gasteiger partial charge in [-0.15, -0.1) is 6.58 Å². The van der Waals surface area contributed by atoms with Gasteiger partial charge in [0, 0.05) is 6.20 Å². The molecule has 5 nitrogen and oxygen atoms in total. The molecule has 1 rings (SSSR count). The van der Waals surface area contributed by atoms with Crippen LogP contribution >= 0.6 is 0 Å². The highest BCUT2D eigenvalue weighted by atomic mass is 16.5. The Labute approximate surface area is 81.1 Å². The number of rotatable bonds is 5. The Hall–Kier alpha value is -1.91. The van der Waals surface area contributed by atoms with Crippen molar-refractivity contribution in [3.05, 3.63) is 30.6 Å². The van der Waals surface area contributed by atoms with Crippen LogP contribution < -0.4 is 4.74 Å². The van der Waals surface area contributed by atoms with Crippen molar-refractivity contribution in [2.24, 2.45) is 0 Å². The minimum atomic E-state index is -1.10. The lowest BCUT2D eigenvalue weighted by Crippen LogP contribution is -2.05. The van der Waals surface area contributed by atoms with Crippen molar-refractivity contribution in [3.8, 4) is 6.01 Å². The number of carboxylic acids is 1. The molecular weight excluding hydrogens is 184 g/mol. The van der Waals surface area contributed by atoms with Gasteiger partial charge in [0.15, 0.2) is 5.69 Å². The number of carbonyl (C=O) groups is 1. The predicted octanol–water partition coefficient (Wildman–Crippen LogP) is 1.13. The zero-order valence-electron chi connectivity index (χ0n) is 7.51. The first-order valence-electron chi connectivity index (χ1n) is 4.04. The van der Waals surface area contributed by atoms with E-state index in [-0.39, 0.29) is 11.7 Å². The molecule has 0 unspecified atom stereocenters. The molecule has 0 fully saturated rings. The summed E-state index contributed by atoms with van der Waals surface area (Å²) >= 11 is 0. The Bertz CT molecular complexity index is 339. The van der Waals surface area contributed by atoms with Crippen molar-refractivity contribution in [3.63, 3.8) is 0 Å². The van der Waals surface area contributed by atoms with Gasteiger partial charge in [0.25, 0.3) is 0 Å². The van der Waals surface area contributed by atoms with Crippen molar-refractivity contribution in [2.75, 3.05) is 6.61 Å². The fourth-order valence-electron chi connectivity index (χ4n) is 0.763. The van der Waals surface area contributed by atoms with Gasteiger partial charge < -0.3 is 9.84 Å². The molecule has 0 aromatic carbocycles. The van der Waals surface area contributed by atoms with Crippen molar-refractivity contribution in [2.45, 2.75) is 6.42 Å². The quantitative estimate of drug-likeness (QED) is 0.561. The SMILES string of the molecule is C=CCCOc1nccc(C(=O)O)n1. The Balaban J connectivity index is 2.63. The Morgan fingerprint density at radius 1 is 1.71 bits per heavy atom. The molecule has 0 saturated heterocycles. The van der Waals surface area contributed by atoms with Gasteiger partial charge in [-0.1, -0.05) is 6.08 Å². The van der Waals surface area contributed by atoms with E-state index in [1.54, 1.807) is 6.08 Å². The summed E-state index contributed by atoms with van der Waals surface area (Å²) in [6.45, 7) is 3.92. The fourth-order valence-corrected chi connectivity index (χ4v) is 0.763. The summed E-state index contributed by atoms with van der Waals surface area (Å²) in [4.78, 5) is 18.0. The van der Waals surface area contributed by atoms with E-state index >= 15 is 0 Å². The van der Waals surface area contributed by atoms with Gasteiger partial charge in [0.1, 0.15) is 0 Å².